The van der Waals surface area contributed by atoms with Crippen molar-refractivity contribution in [3.8, 4) is 0 Å². The van der Waals surface area contributed by atoms with E-state index >= 15 is 0 Å². The van der Waals surface area contributed by atoms with Crippen LogP contribution in [-0.2, 0) is 0 Å². The summed E-state index contributed by atoms with van der Waals surface area (Å²) in [6.45, 7) is 10.7. The third-order valence-electron chi connectivity index (χ3n) is 8.22. The normalized spacial score (nSPS) is 52.3. The number of hydrogen-bond donors (Lipinski definition) is 3. The highest BCUT2D eigenvalue weighted by Crippen LogP contribution is 2.66. The molecular formula is C20H34O3. The maximum Gasteiger partial charge on any atom is 0.0989 e. The lowest BCUT2D eigenvalue weighted by Crippen LogP contribution is -2.70. The number of aliphatic hydroxyl groups is 3. The smallest absolute Gasteiger partial charge is 0.0989 e. The molecule has 3 fully saturated rings. The van der Waals surface area contributed by atoms with Crippen molar-refractivity contribution in [2.45, 2.75) is 77.4 Å². The van der Waals surface area contributed by atoms with Crippen molar-refractivity contribution < 1.29 is 15.3 Å². The maximum absolute atomic E-state index is 11.6. The molecule has 3 rings (SSSR count). The van der Waals surface area contributed by atoms with E-state index in [1.807, 2.05) is 6.08 Å². The quantitative estimate of drug-likeness (QED) is 0.684. The Kier molecular flexibility index (Phi) is 4.02. The molecule has 0 spiro atoms. The number of rotatable bonds is 2. The van der Waals surface area contributed by atoms with Gasteiger partial charge in [0, 0.05) is 5.41 Å². The van der Waals surface area contributed by atoms with Crippen LogP contribution in [0.15, 0.2) is 12.7 Å². The lowest BCUT2D eigenvalue weighted by Gasteiger charge is -2.66. The van der Waals surface area contributed by atoms with Gasteiger partial charge in [0.2, 0.25) is 0 Å². The lowest BCUT2D eigenvalue weighted by molar-refractivity contribution is -0.273. The largest absolute Gasteiger partial charge is 0.395 e. The molecule has 3 heteroatoms. The van der Waals surface area contributed by atoms with Gasteiger partial charge in [0.1, 0.15) is 0 Å². The summed E-state index contributed by atoms with van der Waals surface area (Å²) in [5, 5.41) is 32.4. The summed E-state index contributed by atoms with van der Waals surface area (Å²) in [6, 6.07) is 0. The van der Waals surface area contributed by atoms with E-state index in [4.69, 9.17) is 0 Å². The van der Waals surface area contributed by atoms with Gasteiger partial charge in [-0.25, -0.2) is 0 Å². The second-order valence-electron chi connectivity index (χ2n) is 9.54. The number of aliphatic hydroxyl groups excluding tert-OH is 2. The molecule has 3 saturated carbocycles. The van der Waals surface area contributed by atoms with Crippen molar-refractivity contribution in [1.82, 2.24) is 0 Å². The van der Waals surface area contributed by atoms with Crippen molar-refractivity contribution in [3.05, 3.63) is 12.7 Å². The van der Waals surface area contributed by atoms with Crippen LogP contribution in [0.3, 0.4) is 0 Å². The molecule has 0 aromatic rings. The van der Waals surface area contributed by atoms with Crippen molar-refractivity contribution in [2.75, 3.05) is 6.61 Å². The molecule has 3 aliphatic carbocycles. The van der Waals surface area contributed by atoms with Gasteiger partial charge in [-0.1, -0.05) is 33.3 Å². The molecule has 0 aromatic carbocycles. The first-order chi connectivity index (χ1) is 10.7. The maximum atomic E-state index is 11.6. The van der Waals surface area contributed by atoms with E-state index in [9.17, 15) is 15.3 Å². The Labute approximate surface area is 140 Å². The molecule has 3 aliphatic rings. The van der Waals surface area contributed by atoms with E-state index in [2.05, 4.69) is 27.4 Å². The topological polar surface area (TPSA) is 60.7 Å². The van der Waals surface area contributed by atoms with Crippen molar-refractivity contribution in [3.63, 3.8) is 0 Å². The van der Waals surface area contributed by atoms with Gasteiger partial charge in [-0.05, 0) is 61.2 Å². The molecule has 3 nitrogen and oxygen atoms in total. The zero-order chi connectivity index (χ0) is 17.1. The summed E-state index contributed by atoms with van der Waals surface area (Å²) < 4.78 is 0. The Hall–Kier alpha value is -0.380. The first kappa shape index (κ1) is 17.4. The van der Waals surface area contributed by atoms with E-state index in [-0.39, 0.29) is 28.8 Å². The highest BCUT2D eigenvalue weighted by atomic mass is 16.3. The Morgan fingerprint density at radius 1 is 1.17 bits per heavy atom. The van der Waals surface area contributed by atoms with Crippen LogP contribution in [0.25, 0.3) is 0 Å². The van der Waals surface area contributed by atoms with E-state index in [1.54, 1.807) is 0 Å². The predicted octanol–water partition coefficient (Wildman–Crippen LogP) is 3.28. The second kappa shape index (κ2) is 5.31. The molecule has 6 unspecified atom stereocenters. The first-order valence-corrected chi connectivity index (χ1v) is 9.30. The molecular weight excluding hydrogens is 288 g/mol. The van der Waals surface area contributed by atoms with E-state index in [0.717, 1.165) is 38.5 Å². The van der Waals surface area contributed by atoms with Crippen LogP contribution in [0.5, 0.6) is 0 Å². The fourth-order valence-corrected chi connectivity index (χ4v) is 6.36. The minimum absolute atomic E-state index is 0.0490. The van der Waals surface area contributed by atoms with Crippen LogP contribution in [-0.4, -0.2) is 33.6 Å². The number of hydrogen-bond acceptors (Lipinski definition) is 3. The lowest BCUT2D eigenvalue weighted by atomic mass is 9.41. The van der Waals surface area contributed by atoms with Crippen molar-refractivity contribution >= 4 is 0 Å². The Balaban J connectivity index is 1.99. The molecule has 132 valence electrons. The van der Waals surface area contributed by atoms with Crippen molar-refractivity contribution in [1.29, 1.82) is 0 Å². The zero-order valence-corrected chi connectivity index (χ0v) is 15.0. The highest BCUT2D eigenvalue weighted by Gasteiger charge is 2.66. The standard InChI is InChI=1S/C20H34O3/c1-5-19(13-21)10-9-18(4)14(12-19)11-16(22)20(23)15(18)7-6-8-17(20,2)3/h5,14-16,21-23H,1,6-13H2,2-4H3. The Morgan fingerprint density at radius 3 is 2.48 bits per heavy atom. The second-order valence-corrected chi connectivity index (χ2v) is 9.54. The summed E-state index contributed by atoms with van der Waals surface area (Å²) in [5.74, 6) is 0.490. The molecule has 0 aliphatic heterocycles. The molecule has 0 heterocycles. The fourth-order valence-electron chi connectivity index (χ4n) is 6.36. The van der Waals surface area contributed by atoms with Gasteiger partial charge in [0.15, 0.2) is 0 Å². The molecule has 0 amide bonds. The SMILES string of the molecule is C=CC1(CO)CCC2(C)C(CC(O)C3(O)C2CCCC3(C)C)C1. The molecule has 0 radical (unpaired) electrons. The van der Waals surface area contributed by atoms with Crippen LogP contribution in [0.2, 0.25) is 0 Å². The summed E-state index contributed by atoms with van der Waals surface area (Å²) in [5.41, 5.74) is -1.38. The van der Waals surface area contributed by atoms with E-state index in [1.165, 1.54) is 0 Å². The highest BCUT2D eigenvalue weighted by molar-refractivity contribution is 5.17. The average molecular weight is 322 g/mol. The van der Waals surface area contributed by atoms with Gasteiger partial charge < -0.3 is 15.3 Å². The van der Waals surface area contributed by atoms with Gasteiger partial charge >= 0.3 is 0 Å². The van der Waals surface area contributed by atoms with E-state index < -0.39 is 11.7 Å². The van der Waals surface area contributed by atoms with Crippen LogP contribution >= 0.6 is 0 Å². The van der Waals surface area contributed by atoms with Gasteiger partial charge in [-0.2, -0.15) is 0 Å². The number of fused-ring (bicyclic) bond motifs is 3. The Bertz CT molecular complexity index is 487. The monoisotopic (exact) mass is 322 g/mol. The van der Waals surface area contributed by atoms with Gasteiger partial charge in [-0.3, -0.25) is 0 Å². The minimum atomic E-state index is -0.982. The molecule has 23 heavy (non-hydrogen) atoms. The first-order valence-electron chi connectivity index (χ1n) is 9.30. The van der Waals surface area contributed by atoms with Crippen molar-refractivity contribution in [2.24, 2.45) is 28.1 Å². The third kappa shape index (κ3) is 2.19. The van der Waals surface area contributed by atoms with Gasteiger partial charge in [0.25, 0.3) is 0 Å². The molecule has 0 aromatic heterocycles. The van der Waals surface area contributed by atoms with Crippen LogP contribution in [0, 0.1) is 28.1 Å². The molecule has 0 saturated heterocycles. The van der Waals surface area contributed by atoms with Crippen LogP contribution in [0.4, 0.5) is 0 Å². The summed E-state index contributed by atoms with van der Waals surface area (Å²) >= 11 is 0. The van der Waals surface area contributed by atoms with E-state index in [0.29, 0.717) is 12.3 Å². The summed E-state index contributed by atoms with van der Waals surface area (Å²) in [4.78, 5) is 0. The summed E-state index contributed by atoms with van der Waals surface area (Å²) in [7, 11) is 0. The zero-order valence-electron chi connectivity index (χ0n) is 15.0. The van der Waals surface area contributed by atoms with Gasteiger partial charge in [0.05, 0.1) is 18.3 Å². The molecule has 6 atom stereocenters. The van der Waals surface area contributed by atoms with Crippen LogP contribution < -0.4 is 0 Å². The van der Waals surface area contributed by atoms with Crippen LogP contribution in [0.1, 0.15) is 65.7 Å². The van der Waals surface area contributed by atoms with Gasteiger partial charge in [-0.15, -0.1) is 6.58 Å². The molecule has 0 bridgehead atoms. The summed E-state index contributed by atoms with van der Waals surface area (Å²) in [6.07, 6.45) is 7.82. The third-order valence-corrected chi connectivity index (χ3v) is 8.22. The fraction of sp³-hybridized carbons (Fsp3) is 0.900. The Morgan fingerprint density at radius 2 is 1.87 bits per heavy atom. The average Bonchev–Trinajstić information content (AvgIpc) is 2.51. The predicted molar refractivity (Wildman–Crippen MR) is 91.9 cm³/mol. The minimum Gasteiger partial charge on any atom is -0.395 e. The molecule has 3 N–H and O–H groups in total.